The fourth-order valence-electron chi connectivity index (χ4n) is 1.58. The van der Waals surface area contributed by atoms with E-state index in [-0.39, 0.29) is 0 Å². The molecule has 0 radical (unpaired) electrons. The van der Waals surface area contributed by atoms with Crippen LogP contribution in [-0.2, 0) is 12.3 Å². The summed E-state index contributed by atoms with van der Waals surface area (Å²) in [7, 11) is 0. The minimum Gasteiger partial charge on any atom is -0.326 e. The van der Waals surface area contributed by atoms with Gasteiger partial charge in [-0.2, -0.15) is 0 Å². The molecule has 0 saturated heterocycles. The van der Waals surface area contributed by atoms with Crippen molar-refractivity contribution in [2.75, 3.05) is 0 Å². The van der Waals surface area contributed by atoms with Crippen molar-refractivity contribution < 1.29 is 0 Å². The van der Waals surface area contributed by atoms with Crippen LogP contribution in [0.3, 0.4) is 0 Å². The molecule has 0 saturated carbocycles. The molecule has 90 valence electrons. The van der Waals surface area contributed by atoms with Crippen LogP contribution in [0.5, 0.6) is 0 Å². The Morgan fingerprint density at radius 2 is 2.18 bits per heavy atom. The highest BCUT2D eigenvalue weighted by Gasteiger charge is 2.04. The van der Waals surface area contributed by atoms with Gasteiger partial charge in [0.25, 0.3) is 0 Å². The number of aromatic amines is 1. The van der Waals surface area contributed by atoms with Gasteiger partial charge in [0.15, 0.2) is 0 Å². The van der Waals surface area contributed by atoms with Crippen LogP contribution in [0, 0.1) is 13.8 Å². The zero-order valence-electron chi connectivity index (χ0n) is 10.0. The summed E-state index contributed by atoms with van der Waals surface area (Å²) in [5.41, 5.74) is 9.35. The SMILES string of the molecule is Cc1nc(SCc2ccc(CN)cc2C)n[nH]1. The van der Waals surface area contributed by atoms with Crippen LogP contribution in [0.25, 0.3) is 0 Å². The lowest BCUT2D eigenvalue weighted by atomic mass is 10.1. The molecule has 5 heteroatoms. The Morgan fingerprint density at radius 1 is 1.35 bits per heavy atom. The van der Waals surface area contributed by atoms with Crippen LogP contribution in [0.15, 0.2) is 23.4 Å². The molecule has 0 aliphatic rings. The largest absolute Gasteiger partial charge is 0.326 e. The molecule has 2 aromatic rings. The number of hydrogen-bond acceptors (Lipinski definition) is 4. The average molecular weight is 248 g/mol. The number of nitrogens with zero attached hydrogens (tertiary/aromatic N) is 2. The van der Waals surface area contributed by atoms with Crippen LogP contribution in [-0.4, -0.2) is 15.2 Å². The normalized spacial score (nSPS) is 10.8. The predicted molar refractivity (Wildman–Crippen MR) is 69.8 cm³/mol. The van der Waals surface area contributed by atoms with Gasteiger partial charge in [-0.15, -0.1) is 5.10 Å². The van der Waals surface area contributed by atoms with E-state index in [1.165, 1.54) is 16.7 Å². The third-order valence-electron chi connectivity index (χ3n) is 2.58. The summed E-state index contributed by atoms with van der Waals surface area (Å²) in [6.07, 6.45) is 0. The number of aryl methyl sites for hydroxylation is 2. The van der Waals surface area contributed by atoms with Crippen LogP contribution in [0.2, 0.25) is 0 Å². The summed E-state index contributed by atoms with van der Waals surface area (Å²) in [5, 5.41) is 7.74. The van der Waals surface area contributed by atoms with Crippen LogP contribution < -0.4 is 5.73 Å². The van der Waals surface area contributed by atoms with Gasteiger partial charge in [0.1, 0.15) is 5.82 Å². The number of thioether (sulfide) groups is 1. The van der Waals surface area contributed by atoms with E-state index in [9.17, 15) is 0 Å². The molecular weight excluding hydrogens is 232 g/mol. The Bertz CT molecular complexity index is 507. The summed E-state index contributed by atoms with van der Waals surface area (Å²) in [4.78, 5) is 4.27. The molecule has 0 amide bonds. The third kappa shape index (κ3) is 3.08. The van der Waals surface area contributed by atoms with Crippen LogP contribution in [0.1, 0.15) is 22.5 Å². The molecule has 1 heterocycles. The summed E-state index contributed by atoms with van der Waals surface area (Å²) in [6, 6.07) is 6.34. The average Bonchev–Trinajstić information content (AvgIpc) is 2.73. The van der Waals surface area contributed by atoms with Gasteiger partial charge in [0, 0.05) is 12.3 Å². The van der Waals surface area contributed by atoms with E-state index in [4.69, 9.17) is 5.73 Å². The molecule has 0 spiro atoms. The van der Waals surface area contributed by atoms with Gasteiger partial charge in [-0.1, -0.05) is 30.0 Å². The predicted octanol–water partition coefficient (Wildman–Crippen LogP) is 2.17. The lowest BCUT2D eigenvalue weighted by molar-refractivity contribution is 0.968. The standard InChI is InChI=1S/C12H16N4S/c1-8-5-10(6-13)3-4-11(8)7-17-12-14-9(2)15-16-12/h3-5H,6-7,13H2,1-2H3,(H,14,15,16). The minimum absolute atomic E-state index is 0.592. The van der Waals surface area contributed by atoms with Crippen molar-refractivity contribution >= 4 is 11.8 Å². The van der Waals surface area contributed by atoms with Crippen molar-refractivity contribution in [3.63, 3.8) is 0 Å². The Kier molecular flexibility index (Phi) is 3.81. The Labute approximate surface area is 105 Å². The summed E-state index contributed by atoms with van der Waals surface area (Å²) in [5.74, 6) is 1.73. The molecule has 1 aromatic heterocycles. The van der Waals surface area contributed by atoms with E-state index in [1.807, 2.05) is 6.92 Å². The first-order valence-corrected chi connectivity index (χ1v) is 6.48. The number of benzene rings is 1. The van der Waals surface area contributed by atoms with Gasteiger partial charge in [-0.05, 0) is 30.5 Å². The second-order valence-corrected chi connectivity index (χ2v) is 4.90. The number of H-pyrrole nitrogens is 1. The smallest absolute Gasteiger partial charge is 0.208 e. The molecule has 17 heavy (non-hydrogen) atoms. The second kappa shape index (κ2) is 5.33. The van der Waals surface area contributed by atoms with E-state index >= 15 is 0 Å². The summed E-state index contributed by atoms with van der Waals surface area (Å²) < 4.78 is 0. The molecule has 1 aromatic carbocycles. The zero-order chi connectivity index (χ0) is 12.3. The Balaban J connectivity index is 2.04. The van der Waals surface area contributed by atoms with E-state index in [1.54, 1.807) is 11.8 Å². The highest BCUT2D eigenvalue weighted by atomic mass is 32.2. The van der Waals surface area contributed by atoms with Gasteiger partial charge < -0.3 is 5.73 Å². The molecule has 0 bridgehead atoms. The van der Waals surface area contributed by atoms with Crippen molar-refractivity contribution in [1.82, 2.24) is 15.2 Å². The Morgan fingerprint density at radius 3 is 2.76 bits per heavy atom. The van der Waals surface area contributed by atoms with Gasteiger partial charge in [0.2, 0.25) is 5.16 Å². The first-order chi connectivity index (χ1) is 8.19. The third-order valence-corrected chi connectivity index (χ3v) is 3.47. The van der Waals surface area contributed by atoms with E-state index in [0.717, 1.165) is 16.7 Å². The van der Waals surface area contributed by atoms with E-state index in [0.29, 0.717) is 6.54 Å². The van der Waals surface area contributed by atoms with Gasteiger partial charge in [-0.3, -0.25) is 5.10 Å². The summed E-state index contributed by atoms with van der Waals surface area (Å²) in [6.45, 7) is 4.60. The molecule has 4 nitrogen and oxygen atoms in total. The van der Waals surface area contributed by atoms with Crippen molar-refractivity contribution in [3.8, 4) is 0 Å². The minimum atomic E-state index is 0.592. The van der Waals surface area contributed by atoms with Gasteiger partial charge >= 0.3 is 0 Å². The lowest BCUT2D eigenvalue weighted by Gasteiger charge is -2.06. The van der Waals surface area contributed by atoms with Crippen molar-refractivity contribution in [3.05, 3.63) is 40.7 Å². The lowest BCUT2D eigenvalue weighted by Crippen LogP contribution is -1.97. The van der Waals surface area contributed by atoms with Crippen molar-refractivity contribution in [2.45, 2.75) is 31.3 Å². The number of nitrogens with two attached hydrogens (primary N) is 1. The second-order valence-electron chi connectivity index (χ2n) is 3.96. The van der Waals surface area contributed by atoms with Crippen LogP contribution >= 0.6 is 11.8 Å². The fraction of sp³-hybridized carbons (Fsp3) is 0.333. The molecule has 3 N–H and O–H groups in total. The summed E-state index contributed by atoms with van der Waals surface area (Å²) >= 11 is 1.64. The van der Waals surface area contributed by atoms with Crippen molar-refractivity contribution in [1.29, 1.82) is 0 Å². The fourth-order valence-corrected chi connectivity index (χ4v) is 2.50. The number of nitrogens with one attached hydrogen (secondary N) is 1. The molecule has 0 atom stereocenters. The van der Waals surface area contributed by atoms with Gasteiger partial charge in [0.05, 0.1) is 0 Å². The van der Waals surface area contributed by atoms with Crippen molar-refractivity contribution in [2.24, 2.45) is 5.73 Å². The van der Waals surface area contributed by atoms with Crippen LogP contribution in [0.4, 0.5) is 0 Å². The number of hydrogen-bond donors (Lipinski definition) is 2. The first-order valence-electron chi connectivity index (χ1n) is 5.49. The molecule has 0 aliphatic heterocycles. The van der Waals surface area contributed by atoms with E-state index < -0.39 is 0 Å². The van der Waals surface area contributed by atoms with Gasteiger partial charge in [-0.25, -0.2) is 4.98 Å². The molecule has 0 unspecified atom stereocenters. The molecule has 2 rings (SSSR count). The highest BCUT2D eigenvalue weighted by Crippen LogP contribution is 2.21. The Hall–Kier alpha value is -1.33. The molecule has 0 fully saturated rings. The zero-order valence-corrected chi connectivity index (χ0v) is 10.8. The monoisotopic (exact) mass is 248 g/mol. The topological polar surface area (TPSA) is 67.6 Å². The molecule has 0 aliphatic carbocycles. The quantitative estimate of drug-likeness (QED) is 0.814. The number of rotatable bonds is 4. The molecular formula is C12H16N4S. The maximum atomic E-state index is 5.61. The maximum Gasteiger partial charge on any atom is 0.208 e. The van der Waals surface area contributed by atoms with E-state index in [2.05, 4.69) is 40.3 Å². The first kappa shape index (κ1) is 12.1. The highest BCUT2D eigenvalue weighted by molar-refractivity contribution is 7.98. The maximum absolute atomic E-state index is 5.61. The number of aromatic nitrogens is 3.